The molecule has 1 aliphatic heterocycles. The fraction of sp³-hybridized carbons (Fsp3) is 0.357. The Labute approximate surface area is 202 Å². The van der Waals surface area contributed by atoms with E-state index < -0.39 is 0 Å². The van der Waals surface area contributed by atoms with Gasteiger partial charge < -0.3 is 15.2 Å². The first kappa shape index (κ1) is 23.8. The van der Waals surface area contributed by atoms with Crippen molar-refractivity contribution in [3.8, 4) is 5.75 Å². The van der Waals surface area contributed by atoms with E-state index in [9.17, 15) is 5.11 Å². The Morgan fingerprint density at radius 1 is 0.970 bits per heavy atom. The first-order valence-electron chi connectivity index (χ1n) is 11.8. The van der Waals surface area contributed by atoms with Crippen LogP contribution >= 0.6 is 11.6 Å². The van der Waals surface area contributed by atoms with Gasteiger partial charge in [0.15, 0.2) is 0 Å². The van der Waals surface area contributed by atoms with Crippen LogP contribution in [0.25, 0.3) is 0 Å². The summed E-state index contributed by atoms with van der Waals surface area (Å²) in [5.41, 5.74) is 3.53. The molecule has 4 nitrogen and oxygen atoms in total. The highest BCUT2D eigenvalue weighted by atomic mass is 35.5. The average Bonchev–Trinajstić information content (AvgIpc) is 3.31. The molecule has 2 atom stereocenters. The second-order valence-corrected chi connectivity index (χ2v) is 9.17. The molecular formula is C28H33ClN2O2. The third-order valence-corrected chi connectivity index (χ3v) is 6.72. The van der Waals surface area contributed by atoms with Gasteiger partial charge in [-0.05, 0) is 60.7 Å². The summed E-state index contributed by atoms with van der Waals surface area (Å²) in [6.45, 7) is 3.50. The number of nitrogens with one attached hydrogen (secondary N) is 1. The lowest BCUT2D eigenvalue weighted by Gasteiger charge is -2.29. The van der Waals surface area contributed by atoms with Gasteiger partial charge in [0.1, 0.15) is 12.4 Å². The highest BCUT2D eigenvalue weighted by Crippen LogP contribution is 2.21. The van der Waals surface area contributed by atoms with Crippen LogP contribution in [0.2, 0.25) is 5.02 Å². The van der Waals surface area contributed by atoms with E-state index in [4.69, 9.17) is 16.3 Å². The van der Waals surface area contributed by atoms with Gasteiger partial charge in [-0.1, -0.05) is 72.3 Å². The second-order valence-electron chi connectivity index (χ2n) is 8.77. The van der Waals surface area contributed by atoms with Gasteiger partial charge in [-0.15, -0.1) is 0 Å². The standard InChI is InChI=1S/C28H33ClN2O2/c29-28-11-5-4-9-24(28)17-25(19-31-16-6-10-26(31)20-32)30-18-22-12-14-27(15-13-22)33-21-23-7-2-1-3-8-23/h1-5,7-9,11-15,25-26,30,32H,6,10,16-21H2. The van der Waals surface area contributed by atoms with Gasteiger partial charge in [0.05, 0.1) is 6.61 Å². The molecule has 0 aliphatic carbocycles. The monoisotopic (exact) mass is 464 g/mol. The van der Waals surface area contributed by atoms with Gasteiger partial charge in [0, 0.05) is 30.2 Å². The van der Waals surface area contributed by atoms with Crippen LogP contribution in [-0.4, -0.2) is 41.8 Å². The normalized spacial score (nSPS) is 17.2. The van der Waals surface area contributed by atoms with Crippen LogP contribution in [-0.2, 0) is 19.6 Å². The zero-order valence-electron chi connectivity index (χ0n) is 19.0. The predicted molar refractivity (Wildman–Crippen MR) is 135 cm³/mol. The zero-order valence-corrected chi connectivity index (χ0v) is 19.8. The van der Waals surface area contributed by atoms with Crippen LogP contribution in [0.3, 0.4) is 0 Å². The Balaban J connectivity index is 1.35. The molecule has 0 saturated carbocycles. The third kappa shape index (κ3) is 7.05. The van der Waals surface area contributed by atoms with Crippen molar-refractivity contribution in [1.82, 2.24) is 10.2 Å². The number of hydrogen-bond donors (Lipinski definition) is 2. The van der Waals surface area contributed by atoms with E-state index in [1.807, 2.05) is 48.5 Å². The molecule has 1 aliphatic rings. The fourth-order valence-electron chi connectivity index (χ4n) is 4.46. The molecule has 2 N–H and O–H groups in total. The number of benzene rings is 3. The van der Waals surface area contributed by atoms with E-state index in [1.54, 1.807) is 0 Å². The summed E-state index contributed by atoms with van der Waals surface area (Å²) in [7, 11) is 0. The minimum Gasteiger partial charge on any atom is -0.489 e. The zero-order chi connectivity index (χ0) is 22.9. The summed E-state index contributed by atoms with van der Waals surface area (Å²) in [6, 6.07) is 27.1. The van der Waals surface area contributed by atoms with E-state index in [0.717, 1.165) is 60.8 Å². The number of aliphatic hydroxyl groups is 1. The number of rotatable bonds is 11. The summed E-state index contributed by atoms with van der Waals surface area (Å²) < 4.78 is 5.91. The summed E-state index contributed by atoms with van der Waals surface area (Å²) >= 11 is 6.45. The largest absolute Gasteiger partial charge is 0.489 e. The van der Waals surface area contributed by atoms with Gasteiger partial charge in [-0.2, -0.15) is 0 Å². The second kappa shape index (κ2) is 12.2. The molecule has 0 radical (unpaired) electrons. The number of likely N-dealkylation sites (tertiary alicyclic amines) is 1. The highest BCUT2D eigenvalue weighted by Gasteiger charge is 2.26. The molecule has 1 saturated heterocycles. The van der Waals surface area contributed by atoms with Crippen molar-refractivity contribution in [3.05, 3.63) is 101 Å². The summed E-state index contributed by atoms with van der Waals surface area (Å²) in [4.78, 5) is 2.41. The molecule has 174 valence electrons. The molecule has 4 rings (SSSR count). The predicted octanol–water partition coefficient (Wildman–Crippen LogP) is 5.08. The van der Waals surface area contributed by atoms with E-state index in [1.165, 1.54) is 5.56 Å². The Bertz CT molecular complexity index is 981. The minimum atomic E-state index is 0.225. The van der Waals surface area contributed by atoms with Crippen molar-refractivity contribution in [2.75, 3.05) is 19.7 Å². The van der Waals surface area contributed by atoms with Crippen molar-refractivity contribution in [1.29, 1.82) is 0 Å². The van der Waals surface area contributed by atoms with Gasteiger partial charge >= 0.3 is 0 Å². The highest BCUT2D eigenvalue weighted by molar-refractivity contribution is 6.31. The van der Waals surface area contributed by atoms with Gasteiger partial charge in [-0.3, -0.25) is 4.90 Å². The van der Waals surface area contributed by atoms with Gasteiger partial charge in [0.2, 0.25) is 0 Å². The summed E-state index contributed by atoms with van der Waals surface area (Å²) in [5.74, 6) is 0.873. The van der Waals surface area contributed by atoms with Crippen LogP contribution in [0.15, 0.2) is 78.9 Å². The van der Waals surface area contributed by atoms with Crippen molar-refractivity contribution < 1.29 is 9.84 Å². The topological polar surface area (TPSA) is 44.7 Å². The first-order valence-corrected chi connectivity index (χ1v) is 12.2. The molecule has 0 spiro atoms. The van der Waals surface area contributed by atoms with E-state index >= 15 is 0 Å². The lowest BCUT2D eigenvalue weighted by atomic mass is 10.0. The smallest absolute Gasteiger partial charge is 0.119 e. The van der Waals surface area contributed by atoms with Gasteiger partial charge in [0.25, 0.3) is 0 Å². The third-order valence-electron chi connectivity index (χ3n) is 6.36. The van der Waals surface area contributed by atoms with Crippen LogP contribution in [0.5, 0.6) is 5.75 Å². The molecule has 33 heavy (non-hydrogen) atoms. The van der Waals surface area contributed by atoms with E-state index in [2.05, 4.69) is 40.5 Å². The van der Waals surface area contributed by atoms with Crippen LogP contribution in [0, 0.1) is 0 Å². The average molecular weight is 465 g/mol. The Hall–Kier alpha value is -2.37. The SMILES string of the molecule is OCC1CCCN1CC(Cc1ccccc1Cl)NCc1ccc(OCc2ccccc2)cc1. The molecule has 3 aromatic carbocycles. The fourth-order valence-corrected chi connectivity index (χ4v) is 4.68. The van der Waals surface area contributed by atoms with E-state index in [-0.39, 0.29) is 18.7 Å². The maximum Gasteiger partial charge on any atom is 0.119 e. The maximum atomic E-state index is 9.74. The van der Waals surface area contributed by atoms with Crippen LogP contribution < -0.4 is 10.1 Å². The maximum absolute atomic E-state index is 9.74. The Morgan fingerprint density at radius 3 is 2.48 bits per heavy atom. The molecule has 0 aromatic heterocycles. The molecule has 0 bridgehead atoms. The number of hydrogen-bond acceptors (Lipinski definition) is 4. The molecule has 3 aromatic rings. The number of nitrogens with zero attached hydrogens (tertiary/aromatic N) is 1. The molecule has 1 heterocycles. The molecular weight excluding hydrogens is 432 g/mol. The van der Waals surface area contributed by atoms with Crippen molar-refractivity contribution in [2.45, 2.75) is 44.5 Å². The Kier molecular flexibility index (Phi) is 8.79. The summed E-state index contributed by atoms with van der Waals surface area (Å²) in [6.07, 6.45) is 3.07. The van der Waals surface area contributed by atoms with E-state index in [0.29, 0.717) is 6.61 Å². The Morgan fingerprint density at radius 2 is 1.73 bits per heavy atom. The number of aliphatic hydroxyl groups excluding tert-OH is 1. The van der Waals surface area contributed by atoms with Crippen molar-refractivity contribution in [2.24, 2.45) is 0 Å². The number of ether oxygens (including phenoxy) is 1. The lowest BCUT2D eigenvalue weighted by molar-refractivity contribution is 0.147. The first-order chi connectivity index (χ1) is 16.2. The molecule has 2 unspecified atom stereocenters. The summed E-state index contributed by atoms with van der Waals surface area (Å²) in [5, 5.41) is 14.3. The molecule has 1 fully saturated rings. The molecule has 0 amide bonds. The lowest BCUT2D eigenvalue weighted by Crippen LogP contribution is -2.45. The quantitative estimate of drug-likeness (QED) is 0.415. The minimum absolute atomic E-state index is 0.225. The number of halogens is 1. The molecule has 5 heteroatoms. The van der Waals surface area contributed by atoms with Gasteiger partial charge in [-0.25, -0.2) is 0 Å². The van der Waals surface area contributed by atoms with Crippen molar-refractivity contribution >= 4 is 11.6 Å². The van der Waals surface area contributed by atoms with Crippen LogP contribution in [0.1, 0.15) is 29.5 Å². The van der Waals surface area contributed by atoms with Crippen LogP contribution in [0.4, 0.5) is 0 Å². The van der Waals surface area contributed by atoms with Crippen molar-refractivity contribution in [3.63, 3.8) is 0 Å².